The van der Waals surface area contributed by atoms with Gasteiger partial charge in [-0.2, -0.15) is 13.2 Å². The van der Waals surface area contributed by atoms with E-state index in [1.807, 2.05) is 0 Å². The van der Waals surface area contributed by atoms with E-state index in [1.165, 1.54) is 12.1 Å². The molecule has 0 atom stereocenters. The fraction of sp³-hybridized carbons (Fsp3) is 0.125. The first kappa shape index (κ1) is 9.57. The van der Waals surface area contributed by atoms with Crippen molar-refractivity contribution in [2.75, 3.05) is 0 Å². The van der Waals surface area contributed by atoms with E-state index in [1.54, 1.807) is 0 Å². The van der Waals surface area contributed by atoms with Gasteiger partial charge in [-0.05, 0) is 17.5 Å². The monoisotopic (exact) mass is 188 g/mol. The maximum Gasteiger partial charge on any atom is 0.417 e. The van der Waals surface area contributed by atoms with Gasteiger partial charge in [0.2, 0.25) is 0 Å². The molecule has 0 radical (unpaired) electrons. The molecule has 0 bridgehead atoms. The van der Waals surface area contributed by atoms with Crippen LogP contribution in [0, 0.1) is 5.41 Å². The maximum atomic E-state index is 12.2. The molecule has 0 heterocycles. The molecule has 1 aromatic carbocycles. The summed E-state index contributed by atoms with van der Waals surface area (Å²) in [6.45, 7) is 0. The third kappa shape index (κ3) is 1.99. The number of nitrogens with one attached hydrogen (secondary N) is 1. The number of halogens is 3. The van der Waals surface area contributed by atoms with Gasteiger partial charge in [0, 0.05) is 0 Å². The van der Waals surface area contributed by atoms with E-state index in [4.69, 9.17) is 5.41 Å². The fourth-order valence-electron chi connectivity index (χ4n) is 0.928. The molecule has 1 N–H and O–H groups in total. The highest BCUT2D eigenvalue weighted by Crippen LogP contribution is 2.31. The first-order chi connectivity index (χ1) is 5.93. The predicted octanol–water partition coefficient (Wildman–Crippen LogP) is 1.39. The molecule has 1 rings (SSSR count). The van der Waals surface area contributed by atoms with Crippen molar-refractivity contribution in [1.29, 1.82) is 5.41 Å². The third-order valence-electron chi connectivity index (χ3n) is 1.48. The van der Waals surface area contributed by atoms with Crippen LogP contribution in [0.4, 0.5) is 13.2 Å². The lowest BCUT2D eigenvalue weighted by atomic mass is 10.1. The Morgan fingerprint density at radius 1 is 1.23 bits per heavy atom. The lowest BCUT2D eigenvalue weighted by molar-refractivity contribution is -0.215. The summed E-state index contributed by atoms with van der Waals surface area (Å²) in [5.74, 6) is -1.33. The van der Waals surface area contributed by atoms with Crippen molar-refractivity contribution >= 4 is 5.90 Å². The van der Waals surface area contributed by atoms with Crippen molar-refractivity contribution in [3.8, 4) is 0 Å². The molecule has 0 aliphatic heterocycles. The summed E-state index contributed by atoms with van der Waals surface area (Å²) < 4.78 is 36.5. The van der Waals surface area contributed by atoms with Crippen molar-refractivity contribution in [3.05, 3.63) is 35.4 Å². The molecule has 0 saturated carbocycles. The first-order valence-electron chi connectivity index (χ1n) is 3.35. The number of rotatable bonds is 1. The second-order valence-corrected chi connectivity index (χ2v) is 2.37. The van der Waals surface area contributed by atoms with Crippen LogP contribution >= 0.6 is 0 Å². The molecule has 0 fully saturated rings. The molecule has 0 saturated heterocycles. The van der Waals surface area contributed by atoms with Gasteiger partial charge in [0.1, 0.15) is 0 Å². The fourth-order valence-corrected chi connectivity index (χ4v) is 0.928. The van der Waals surface area contributed by atoms with Crippen LogP contribution in [0.3, 0.4) is 0 Å². The Kier molecular flexibility index (Phi) is 2.27. The van der Waals surface area contributed by atoms with Crippen LogP contribution in [0.2, 0.25) is 0 Å². The zero-order chi connectivity index (χ0) is 10.1. The van der Waals surface area contributed by atoms with Crippen LogP contribution < -0.4 is 5.11 Å². The summed E-state index contributed by atoms with van der Waals surface area (Å²) >= 11 is 0. The second kappa shape index (κ2) is 3.08. The highest BCUT2D eigenvalue weighted by molar-refractivity contribution is 5.89. The van der Waals surface area contributed by atoms with E-state index in [0.29, 0.717) is 0 Å². The number of hydrogen-bond acceptors (Lipinski definition) is 2. The van der Waals surface area contributed by atoms with E-state index in [9.17, 15) is 18.3 Å². The Bertz CT molecular complexity index is 332. The van der Waals surface area contributed by atoms with E-state index in [2.05, 4.69) is 0 Å². The van der Waals surface area contributed by atoms with E-state index in [0.717, 1.165) is 12.1 Å². The molecule has 0 amide bonds. The minimum Gasteiger partial charge on any atom is -0.859 e. The molecular weight excluding hydrogens is 183 g/mol. The molecule has 13 heavy (non-hydrogen) atoms. The summed E-state index contributed by atoms with van der Waals surface area (Å²) in [7, 11) is 0. The second-order valence-electron chi connectivity index (χ2n) is 2.37. The smallest absolute Gasteiger partial charge is 0.417 e. The van der Waals surface area contributed by atoms with E-state index in [-0.39, 0.29) is 0 Å². The highest BCUT2D eigenvalue weighted by atomic mass is 19.4. The number of hydrogen-bond donors (Lipinski definition) is 1. The molecule has 5 heteroatoms. The van der Waals surface area contributed by atoms with Gasteiger partial charge in [-0.25, -0.2) is 0 Å². The molecule has 2 nitrogen and oxygen atoms in total. The topological polar surface area (TPSA) is 46.9 Å². The minimum atomic E-state index is -4.58. The zero-order valence-electron chi connectivity index (χ0n) is 6.35. The third-order valence-corrected chi connectivity index (χ3v) is 1.48. The quantitative estimate of drug-likeness (QED) is 0.525. The van der Waals surface area contributed by atoms with Crippen LogP contribution in [0.25, 0.3) is 0 Å². The maximum absolute atomic E-state index is 12.2. The number of benzene rings is 1. The van der Waals surface area contributed by atoms with Crippen LogP contribution in [0.5, 0.6) is 0 Å². The van der Waals surface area contributed by atoms with Crippen LogP contribution in [0.1, 0.15) is 11.1 Å². The average molecular weight is 188 g/mol. The molecule has 70 valence electrons. The minimum absolute atomic E-state index is 0.616. The largest absolute Gasteiger partial charge is 0.859 e. The standard InChI is InChI=1S/C8H6F3NO/c9-8(10,11)6-4-2-1-3-5(6)7(12)13/h1-4H,(H2,12,13)/p-1. The van der Waals surface area contributed by atoms with Gasteiger partial charge in [-0.3, -0.25) is 0 Å². The van der Waals surface area contributed by atoms with Gasteiger partial charge >= 0.3 is 6.18 Å². The van der Waals surface area contributed by atoms with Crippen molar-refractivity contribution in [1.82, 2.24) is 0 Å². The molecule has 0 spiro atoms. The molecule has 0 aromatic heterocycles. The summed E-state index contributed by atoms with van der Waals surface area (Å²) in [4.78, 5) is 0. The van der Waals surface area contributed by atoms with Gasteiger partial charge in [-0.15, -0.1) is 0 Å². The predicted molar refractivity (Wildman–Crippen MR) is 38.3 cm³/mol. The Hall–Kier alpha value is -1.52. The van der Waals surface area contributed by atoms with Crippen LogP contribution in [-0.2, 0) is 6.18 Å². The summed E-state index contributed by atoms with van der Waals surface area (Å²) in [6, 6.07) is 4.23. The normalized spacial score (nSPS) is 11.3. The molecule has 0 aliphatic rings. The lowest BCUT2D eigenvalue weighted by Crippen LogP contribution is -2.22. The Balaban J connectivity index is 3.28. The number of alkyl halides is 3. The summed E-state index contributed by atoms with van der Waals surface area (Å²) in [6.07, 6.45) is -4.58. The van der Waals surface area contributed by atoms with E-state index < -0.39 is 23.2 Å². The SMILES string of the molecule is N=C([O-])c1ccccc1C(F)(F)F. The van der Waals surface area contributed by atoms with Crippen molar-refractivity contribution < 1.29 is 18.3 Å². The van der Waals surface area contributed by atoms with Crippen LogP contribution in [0.15, 0.2) is 24.3 Å². The zero-order valence-corrected chi connectivity index (χ0v) is 6.35. The highest BCUT2D eigenvalue weighted by Gasteiger charge is 2.32. The van der Waals surface area contributed by atoms with Crippen molar-refractivity contribution in [3.63, 3.8) is 0 Å². The molecular formula is C8H5F3NO-. The summed E-state index contributed by atoms with van der Waals surface area (Å²) in [5, 5.41) is 17.1. The van der Waals surface area contributed by atoms with Crippen LogP contribution in [-0.4, -0.2) is 5.90 Å². The van der Waals surface area contributed by atoms with Gasteiger partial charge in [0.25, 0.3) is 0 Å². The van der Waals surface area contributed by atoms with Gasteiger partial charge in [0.05, 0.1) is 5.56 Å². The summed E-state index contributed by atoms with van der Waals surface area (Å²) in [5.41, 5.74) is -1.68. The van der Waals surface area contributed by atoms with Gasteiger partial charge < -0.3 is 10.5 Å². The van der Waals surface area contributed by atoms with Crippen molar-refractivity contribution in [2.24, 2.45) is 0 Å². The van der Waals surface area contributed by atoms with Gasteiger partial charge in [0.15, 0.2) is 0 Å². The van der Waals surface area contributed by atoms with E-state index >= 15 is 0 Å². The molecule has 1 aromatic rings. The molecule has 0 aliphatic carbocycles. The Morgan fingerprint density at radius 3 is 2.15 bits per heavy atom. The average Bonchev–Trinajstić information content (AvgIpc) is 2.03. The lowest BCUT2D eigenvalue weighted by Gasteiger charge is -2.15. The molecule has 0 unspecified atom stereocenters. The first-order valence-corrected chi connectivity index (χ1v) is 3.35. The Labute approximate surface area is 72.1 Å². The Morgan fingerprint density at radius 2 is 1.77 bits per heavy atom. The van der Waals surface area contributed by atoms with Gasteiger partial charge in [-0.1, -0.05) is 18.2 Å². The van der Waals surface area contributed by atoms with Crippen molar-refractivity contribution in [2.45, 2.75) is 6.18 Å².